The van der Waals surface area contributed by atoms with Crippen molar-refractivity contribution in [2.75, 3.05) is 5.32 Å². The van der Waals surface area contributed by atoms with Crippen molar-refractivity contribution in [1.82, 2.24) is 9.78 Å². The second-order valence-electron chi connectivity index (χ2n) is 6.74. The first-order chi connectivity index (χ1) is 13.0. The van der Waals surface area contributed by atoms with Gasteiger partial charge in [-0.15, -0.1) is 0 Å². The SMILES string of the molecule is CC(C)(C)OC(=O)Nc1cnn(-c2c(F)cc(F)cc2F)c1C(F)(F)C(F)(F)F. The van der Waals surface area contributed by atoms with E-state index < -0.39 is 63.0 Å². The fourth-order valence-electron chi connectivity index (χ4n) is 2.20. The van der Waals surface area contributed by atoms with E-state index in [0.717, 1.165) is 0 Å². The molecule has 1 amide bonds. The molecule has 1 N–H and O–H groups in total. The summed E-state index contributed by atoms with van der Waals surface area (Å²) in [7, 11) is 0. The number of ether oxygens (including phenoxy) is 1. The van der Waals surface area contributed by atoms with Crippen LogP contribution in [0.4, 0.5) is 45.6 Å². The molecule has 5 nitrogen and oxygen atoms in total. The van der Waals surface area contributed by atoms with Crippen LogP contribution in [-0.2, 0) is 10.7 Å². The number of amides is 1. The molecule has 160 valence electrons. The van der Waals surface area contributed by atoms with Gasteiger partial charge in [-0.2, -0.15) is 27.1 Å². The fourth-order valence-corrected chi connectivity index (χ4v) is 2.20. The van der Waals surface area contributed by atoms with E-state index in [2.05, 4.69) is 5.10 Å². The summed E-state index contributed by atoms with van der Waals surface area (Å²) in [5.74, 6) is -10.7. The van der Waals surface area contributed by atoms with E-state index in [-0.39, 0.29) is 12.1 Å². The Balaban J connectivity index is 2.69. The van der Waals surface area contributed by atoms with E-state index in [1.165, 1.54) is 20.8 Å². The van der Waals surface area contributed by atoms with Gasteiger partial charge in [-0.3, -0.25) is 5.32 Å². The van der Waals surface area contributed by atoms with Crippen LogP contribution in [0.25, 0.3) is 5.69 Å². The third-order valence-corrected chi connectivity index (χ3v) is 3.25. The second kappa shape index (κ2) is 7.19. The summed E-state index contributed by atoms with van der Waals surface area (Å²) >= 11 is 0. The highest BCUT2D eigenvalue weighted by molar-refractivity contribution is 5.85. The highest BCUT2D eigenvalue weighted by atomic mass is 19.4. The molecule has 0 spiro atoms. The van der Waals surface area contributed by atoms with Gasteiger partial charge in [0, 0.05) is 12.1 Å². The van der Waals surface area contributed by atoms with Crippen LogP contribution in [-0.4, -0.2) is 27.7 Å². The number of alkyl halides is 5. The van der Waals surface area contributed by atoms with Crippen molar-refractivity contribution >= 4 is 11.8 Å². The Bertz CT molecular complexity index is 908. The Morgan fingerprint density at radius 2 is 1.55 bits per heavy atom. The lowest BCUT2D eigenvalue weighted by Gasteiger charge is -2.23. The number of hydrogen-bond acceptors (Lipinski definition) is 3. The number of rotatable bonds is 3. The minimum absolute atomic E-state index is 0.0660. The van der Waals surface area contributed by atoms with Gasteiger partial charge < -0.3 is 4.74 Å². The van der Waals surface area contributed by atoms with Gasteiger partial charge in [-0.1, -0.05) is 0 Å². The van der Waals surface area contributed by atoms with Crippen LogP contribution in [0.1, 0.15) is 26.5 Å². The standard InChI is InChI=1S/C16H13F8N3O2/c1-14(2,3)29-13(28)26-10-6-25-27(12(10)15(20,21)16(22,23)24)11-8(18)4-7(17)5-9(11)19/h4-6H,1-3H3,(H,26,28). The van der Waals surface area contributed by atoms with Gasteiger partial charge in [-0.05, 0) is 20.8 Å². The van der Waals surface area contributed by atoms with Crippen molar-refractivity contribution in [3.63, 3.8) is 0 Å². The molecule has 2 aromatic rings. The second-order valence-corrected chi connectivity index (χ2v) is 6.74. The number of benzene rings is 1. The van der Waals surface area contributed by atoms with Crippen LogP contribution in [0, 0.1) is 17.5 Å². The Morgan fingerprint density at radius 3 is 2.00 bits per heavy atom. The Labute approximate surface area is 158 Å². The molecule has 0 saturated heterocycles. The van der Waals surface area contributed by atoms with E-state index in [1.54, 1.807) is 5.32 Å². The van der Waals surface area contributed by atoms with Gasteiger partial charge in [-0.25, -0.2) is 22.6 Å². The first kappa shape index (κ1) is 22.4. The molecule has 1 aromatic heterocycles. The normalized spacial score (nSPS) is 12.8. The van der Waals surface area contributed by atoms with Gasteiger partial charge in [0.05, 0.1) is 11.9 Å². The third-order valence-electron chi connectivity index (χ3n) is 3.25. The smallest absolute Gasteiger partial charge is 0.444 e. The van der Waals surface area contributed by atoms with Gasteiger partial charge in [0.15, 0.2) is 11.6 Å². The van der Waals surface area contributed by atoms with E-state index in [4.69, 9.17) is 4.74 Å². The van der Waals surface area contributed by atoms with Crippen molar-refractivity contribution in [2.24, 2.45) is 0 Å². The summed E-state index contributed by atoms with van der Waals surface area (Å²) in [6, 6.07) is 0.132. The minimum atomic E-state index is -6.22. The molecule has 2 rings (SSSR count). The van der Waals surface area contributed by atoms with E-state index in [0.29, 0.717) is 6.20 Å². The highest BCUT2D eigenvalue weighted by Gasteiger charge is 2.62. The van der Waals surface area contributed by atoms with Crippen molar-refractivity contribution in [1.29, 1.82) is 0 Å². The lowest BCUT2D eigenvalue weighted by atomic mass is 10.1. The molecule has 0 radical (unpaired) electrons. The van der Waals surface area contributed by atoms with Crippen molar-refractivity contribution < 1.29 is 44.7 Å². The number of nitrogens with zero attached hydrogens (tertiary/aromatic N) is 2. The Hall–Kier alpha value is -2.86. The average molecular weight is 431 g/mol. The minimum Gasteiger partial charge on any atom is -0.444 e. The number of aromatic nitrogens is 2. The zero-order valence-corrected chi connectivity index (χ0v) is 15.0. The van der Waals surface area contributed by atoms with Crippen molar-refractivity contribution in [3.8, 4) is 5.69 Å². The molecule has 0 atom stereocenters. The number of carbonyl (C=O) groups is 1. The third kappa shape index (κ3) is 4.59. The maximum absolute atomic E-state index is 14.1. The quantitative estimate of drug-likeness (QED) is 0.672. The average Bonchev–Trinajstić information content (AvgIpc) is 2.86. The van der Waals surface area contributed by atoms with Crippen molar-refractivity contribution in [2.45, 2.75) is 38.5 Å². The van der Waals surface area contributed by atoms with Crippen LogP contribution in [0.15, 0.2) is 18.3 Å². The van der Waals surface area contributed by atoms with Gasteiger partial charge in [0.1, 0.15) is 22.8 Å². The number of halogens is 8. The summed E-state index contributed by atoms with van der Waals surface area (Å²) < 4.78 is 113. The first-order valence-corrected chi connectivity index (χ1v) is 7.72. The molecule has 1 heterocycles. The number of carbonyl (C=O) groups excluding carboxylic acids is 1. The molecule has 0 aliphatic heterocycles. The van der Waals surface area contributed by atoms with Crippen LogP contribution >= 0.6 is 0 Å². The molecule has 0 aliphatic rings. The summed E-state index contributed by atoms with van der Waals surface area (Å²) in [6.45, 7) is 4.18. The van der Waals surface area contributed by atoms with Gasteiger partial charge in [0.2, 0.25) is 0 Å². The molecule has 0 bridgehead atoms. The molecule has 13 heteroatoms. The molecule has 0 fully saturated rings. The predicted molar refractivity (Wildman–Crippen MR) is 83.2 cm³/mol. The van der Waals surface area contributed by atoms with Gasteiger partial charge >= 0.3 is 18.2 Å². The zero-order chi connectivity index (χ0) is 22.4. The molecule has 0 saturated carbocycles. The fraction of sp³-hybridized carbons (Fsp3) is 0.375. The Kier molecular flexibility index (Phi) is 5.56. The summed E-state index contributed by atoms with van der Waals surface area (Å²) in [4.78, 5) is 11.8. The summed E-state index contributed by atoms with van der Waals surface area (Å²) in [5.41, 5.74) is -5.95. The molecule has 29 heavy (non-hydrogen) atoms. The lowest BCUT2D eigenvalue weighted by Crippen LogP contribution is -2.37. The molecule has 0 unspecified atom stereocenters. The van der Waals surface area contributed by atoms with Crippen LogP contribution in [0.2, 0.25) is 0 Å². The topological polar surface area (TPSA) is 56.1 Å². The molecule has 1 aromatic carbocycles. The Morgan fingerprint density at radius 1 is 1.03 bits per heavy atom. The molecular weight excluding hydrogens is 418 g/mol. The van der Waals surface area contributed by atoms with Crippen molar-refractivity contribution in [3.05, 3.63) is 41.5 Å². The summed E-state index contributed by atoms with van der Waals surface area (Å²) in [6.07, 6.45) is -7.32. The largest absolute Gasteiger partial charge is 0.459 e. The maximum atomic E-state index is 14.1. The number of nitrogens with one attached hydrogen (secondary N) is 1. The molecule has 0 aliphatic carbocycles. The maximum Gasteiger partial charge on any atom is 0.459 e. The van der Waals surface area contributed by atoms with Crippen LogP contribution in [0.5, 0.6) is 0 Å². The molecular formula is C16H13F8N3O2. The van der Waals surface area contributed by atoms with Crippen LogP contribution in [0.3, 0.4) is 0 Å². The highest BCUT2D eigenvalue weighted by Crippen LogP contribution is 2.47. The van der Waals surface area contributed by atoms with Crippen LogP contribution < -0.4 is 5.32 Å². The zero-order valence-electron chi connectivity index (χ0n) is 15.0. The number of hydrogen-bond donors (Lipinski definition) is 1. The summed E-state index contributed by atoms with van der Waals surface area (Å²) in [5, 5.41) is 4.77. The number of anilines is 1. The monoisotopic (exact) mass is 431 g/mol. The van der Waals surface area contributed by atoms with E-state index in [1.807, 2.05) is 0 Å². The predicted octanol–water partition coefficient (Wildman–Crippen LogP) is 5.29. The van der Waals surface area contributed by atoms with E-state index in [9.17, 15) is 39.9 Å². The lowest BCUT2D eigenvalue weighted by molar-refractivity contribution is -0.291. The van der Waals surface area contributed by atoms with Gasteiger partial charge in [0.25, 0.3) is 0 Å². The van der Waals surface area contributed by atoms with E-state index >= 15 is 0 Å². The first-order valence-electron chi connectivity index (χ1n) is 7.72.